The van der Waals surface area contributed by atoms with Gasteiger partial charge in [-0.2, -0.15) is 0 Å². The maximum absolute atomic E-state index is 14.5. The number of allylic oxidation sites excluding steroid dienone is 2. The molecule has 0 aromatic carbocycles. The van der Waals surface area contributed by atoms with Crippen LogP contribution in [-0.2, 0) is 4.79 Å². The molecule has 1 aliphatic heterocycles. The highest BCUT2D eigenvalue weighted by Crippen LogP contribution is 2.44. The first-order chi connectivity index (χ1) is 13.0. The van der Waals surface area contributed by atoms with Crippen LogP contribution >= 0.6 is 11.3 Å². The lowest BCUT2D eigenvalue weighted by molar-refractivity contribution is -0.273. The molecule has 1 aliphatic carbocycles. The molecule has 0 saturated carbocycles. The minimum Gasteiger partial charge on any atom is -0.505 e. The Hall–Kier alpha value is -2.82. The Kier molecular flexibility index (Phi) is 4.96. The standard InChI is InChI=1S/C17H13F4NO5S/c1-7-9(5-12(24)25)14-10(2-3-11(23)15(14)18)22(7)16(26)8-4-13(28-6-8)27-17(19,20)21/h3-4,6,10,23H,2,5H2,1H3,(H,24,25). The molecule has 1 aromatic heterocycles. The van der Waals surface area contributed by atoms with Gasteiger partial charge in [-0.25, -0.2) is 4.39 Å². The van der Waals surface area contributed by atoms with Crippen LogP contribution in [0.2, 0.25) is 0 Å². The first-order valence-corrected chi connectivity index (χ1v) is 8.76. The van der Waals surface area contributed by atoms with Crippen molar-refractivity contribution >= 4 is 23.2 Å². The molecule has 1 amide bonds. The van der Waals surface area contributed by atoms with E-state index in [0.29, 0.717) is 11.3 Å². The highest BCUT2D eigenvalue weighted by molar-refractivity contribution is 7.12. The van der Waals surface area contributed by atoms with Gasteiger partial charge in [0.15, 0.2) is 10.9 Å². The SMILES string of the molecule is CC1=C(CC(=O)O)C2=C(F)C(O)=CCC2N1C(=O)c1csc(OC(F)(F)F)c1. The van der Waals surface area contributed by atoms with Crippen LogP contribution in [-0.4, -0.2) is 39.4 Å². The summed E-state index contributed by atoms with van der Waals surface area (Å²) < 4.78 is 55.3. The number of carboxylic acids is 1. The van der Waals surface area contributed by atoms with Crippen molar-refractivity contribution in [2.24, 2.45) is 0 Å². The molecule has 150 valence electrons. The third-order valence-electron chi connectivity index (χ3n) is 4.35. The summed E-state index contributed by atoms with van der Waals surface area (Å²) in [6.45, 7) is 1.42. The topological polar surface area (TPSA) is 87.1 Å². The van der Waals surface area contributed by atoms with E-state index in [0.717, 1.165) is 17.0 Å². The molecule has 0 spiro atoms. The highest BCUT2D eigenvalue weighted by atomic mass is 32.1. The quantitative estimate of drug-likeness (QED) is 0.711. The van der Waals surface area contributed by atoms with Crippen LogP contribution in [0.15, 0.2) is 46.0 Å². The van der Waals surface area contributed by atoms with Gasteiger partial charge in [0, 0.05) is 22.7 Å². The summed E-state index contributed by atoms with van der Waals surface area (Å²) in [4.78, 5) is 25.2. The molecule has 0 radical (unpaired) electrons. The van der Waals surface area contributed by atoms with Crippen molar-refractivity contribution in [1.82, 2.24) is 4.90 Å². The highest BCUT2D eigenvalue weighted by Gasteiger charge is 2.43. The molecule has 0 saturated heterocycles. The van der Waals surface area contributed by atoms with E-state index in [1.807, 2.05) is 0 Å². The predicted molar refractivity (Wildman–Crippen MR) is 89.4 cm³/mol. The second kappa shape index (κ2) is 6.97. The summed E-state index contributed by atoms with van der Waals surface area (Å²) in [7, 11) is 0. The second-order valence-electron chi connectivity index (χ2n) is 6.08. The first kappa shape index (κ1) is 19.9. The summed E-state index contributed by atoms with van der Waals surface area (Å²) in [5.74, 6) is -3.65. The van der Waals surface area contributed by atoms with Crippen molar-refractivity contribution in [3.8, 4) is 5.06 Å². The van der Waals surface area contributed by atoms with Crippen LogP contribution < -0.4 is 4.74 Å². The fourth-order valence-electron chi connectivity index (χ4n) is 3.26. The predicted octanol–water partition coefficient (Wildman–Crippen LogP) is 4.29. The number of carbonyl (C=O) groups excluding carboxylic acids is 1. The van der Waals surface area contributed by atoms with E-state index >= 15 is 0 Å². The molecule has 0 bridgehead atoms. The largest absolute Gasteiger partial charge is 0.573 e. The third kappa shape index (κ3) is 3.61. The van der Waals surface area contributed by atoms with Crippen LogP contribution in [0.1, 0.15) is 30.1 Å². The number of hydrogen-bond acceptors (Lipinski definition) is 5. The number of halogens is 4. The normalized spacial score (nSPS) is 19.7. The number of amides is 1. The van der Waals surface area contributed by atoms with Crippen LogP contribution in [0.4, 0.5) is 17.6 Å². The fourth-order valence-corrected chi connectivity index (χ4v) is 4.01. The zero-order valence-corrected chi connectivity index (χ0v) is 15.0. The molecule has 11 heteroatoms. The molecule has 0 fully saturated rings. The van der Waals surface area contributed by atoms with E-state index in [1.165, 1.54) is 12.3 Å². The van der Waals surface area contributed by atoms with Crippen LogP contribution in [0.3, 0.4) is 0 Å². The second-order valence-corrected chi connectivity index (χ2v) is 6.95. The summed E-state index contributed by atoms with van der Waals surface area (Å²) in [5, 5.41) is 19.4. The lowest BCUT2D eigenvalue weighted by atomic mass is 9.92. The molecule has 1 unspecified atom stereocenters. The van der Waals surface area contributed by atoms with Gasteiger partial charge >= 0.3 is 12.3 Å². The first-order valence-electron chi connectivity index (χ1n) is 7.88. The smallest absolute Gasteiger partial charge is 0.505 e. The molecule has 1 atom stereocenters. The number of rotatable bonds is 4. The number of ether oxygens (including phenoxy) is 1. The molecule has 2 heterocycles. The van der Waals surface area contributed by atoms with E-state index in [4.69, 9.17) is 5.11 Å². The van der Waals surface area contributed by atoms with Crippen molar-refractivity contribution in [3.63, 3.8) is 0 Å². The van der Waals surface area contributed by atoms with Crippen molar-refractivity contribution in [1.29, 1.82) is 0 Å². The number of carboxylic acid groups (broad SMARTS) is 1. The van der Waals surface area contributed by atoms with Gasteiger partial charge in [-0.05, 0) is 25.0 Å². The Morgan fingerprint density at radius 1 is 1.39 bits per heavy atom. The molecule has 2 N–H and O–H groups in total. The number of thiophene rings is 1. The Morgan fingerprint density at radius 3 is 2.68 bits per heavy atom. The summed E-state index contributed by atoms with van der Waals surface area (Å²) >= 11 is 0.569. The number of nitrogens with zero attached hydrogens (tertiary/aromatic N) is 1. The zero-order chi connectivity index (χ0) is 20.8. The van der Waals surface area contributed by atoms with Crippen molar-refractivity contribution in [2.75, 3.05) is 0 Å². The number of hydrogen-bond donors (Lipinski definition) is 2. The maximum Gasteiger partial charge on any atom is 0.573 e. The lowest BCUT2D eigenvalue weighted by Crippen LogP contribution is -2.36. The van der Waals surface area contributed by atoms with E-state index in [2.05, 4.69) is 4.74 Å². The number of alkyl halides is 3. The average Bonchev–Trinajstić information content (AvgIpc) is 3.12. The molecule has 3 rings (SSSR count). The Balaban J connectivity index is 1.98. The van der Waals surface area contributed by atoms with Crippen molar-refractivity contribution in [2.45, 2.75) is 32.2 Å². The van der Waals surface area contributed by atoms with Crippen LogP contribution in [0.5, 0.6) is 5.06 Å². The minimum atomic E-state index is -4.91. The van der Waals surface area contributed by atoms with Gasteiger partial charge in [0.1, 0.15) is 5.76 Å². The number of aliphatic hydroxyl groups is 1. The van der Waals surface area contributed by atoms with Gasteiger partial charge in [0.25, 0.3) is 5.91 Å². The van der Waals surface area contributed by atoms with Gasteiger partial charge in [0.2, 0.25) is 0 Å². The lowest BCUT2D eigenvalue weighted by Gasteiger charge is -2.28. The van der Waals surface area contributed by atoms with Crippen molar-refractivity contribution < 1.29 is 42.1 Å². The molecular formula is C17H13F4NO5S. The van der Waals surface area contributed by atoms with Gasteiger partial charge in [-0.1, -0.05) is 0 Å². The van der Waals surface area contributed by atoms with E-state index in [9.17, 15) is 32.3 Å². The summed E-state index contributed by atoms with van der Waals surface area (Å²) in [6.07, 6.45) is -4.30. The van der Waals surface area contributed by atoms with Crippen LogP contribution in [0.25, 0.3) is 0 Å². The van der Waals surface area contributed by atoms with Crippen LogP contribution in [0, 0.1) is 0 Å². The summed E-state index contributed by atoms with van der Waals surface area (Å²) in [6, 6.07) is 0.0170. The molecule has 6 nitrogen and oxygen atoms in total. The number of carbonyl (C=O) groups is 2. The molecule has 1 aromatic rings. The Bertz CT molecular complexity index is 944. The zero-order valence-electron chi connectivity index (χ0n) is 14.2. The van der Waals surface area contributed by atoms with Gasteiger partial charge in [0.05, 0.1) is 18.0 Å². The van der Waals surface area contributed by atoms with E-state index < -0.39 is 47.4 Å². The fraction of sp³-hybridized carbons (Fsp3) is 0.294. The van der Waals surface area contributed by atoms with Crippen molar-refractivity contribution in [3.05, 3.63) is 51.5 Å². The monoisotopic (exact) mass is 419 g/mol. The molecule has 28 heavy (non-hydrogen) atoms. The van der Waals surface area contributed by atoms with Gasteiger partial charge in [-0.15, -0.1) is 24.5 Å². The van der Waals surface area contributed by atoms with E-state index in [-0.39, 0.29) is 28.8 Å². The number of aliphatic hydroxyl groups excluding tert-OH is 1. The maximum atomic E-state index is 14.5. The Labute approximate surface area is 159 Å². The minimum absolute atomic E-state index is 0.0246. The number of aliphatic carboxylic acids is 1. The molecule has 2 aliphatic rings. The third-order valence-corrected chi connectivity index (χ3v) is 5.15. The average molecular weight is 419 g/mol. The van der Waals surface area contributed by atoms with Gasteiger partial charge in [-0.3, -0.25) is 9.59 Å². The Morgan fingerprint density at radius 2 is 2.07 bits per heavy atom. The molecular weight excluding hydrogens is 406 g/mol. The van der Waals surface area contributed by atoms with Gasteiger partial charge < -0.3 is 19.8 Å². The number of fused-ring (bicyclic) bond motifs is 1. The van der Waals surface area contributed by atoms with E-state index in [1.54, 1.807) is 0 Å². The summed E-state index contributed by atoms with van der Waals surface area (Å²) in [5.41, 5.74) is -0.00547.